The number of carbonyl (C=O) groups excluding carboxylic acids is 2. The van der Waals surface area contributed by atoms with Crippen molar-refractivity contribution in [2.45, 2.75) is 6.92 Å². The van der Waals surface area contributed by atoms with Gasteiger partial charge in [0.1, 0.15) is 0 Å². The van der Waals surface area contributed by atoms with Gasteiger partial charge in [0, 0.05) is 14.1 Å². The summed E-state index contributed by atoms with van der Waals surface area (Å²) in [5.41, 5.74) is 7.39. The van der Waals surface area contributed by atoms with Crippen LogP contribution in [0.25, 0.3) is 0 Å². The van der Waals surface area contributed by atoms with Crippen LogP contribution in [0.15, 0.2) is 18.2 Å². The van der Waals surface area contributed by atoms with Gasteiger partial charge in [0.15, 0.2) is 0 Å². The molecule has 0 bridgehead atoms. The molecule has 0 heterocycles. The number of nitrogens with one attached hydrogen (secondary N) is 1. The number of nitrogen functional groups attached to an aromatic ring is 1. The van der Waals surface area contributed by atoms with E-state index < -0.39 is 5.97 Å². The molecule has 1 aromatic carbocycles. The van der Waals surface area contributed by atoms with E-state index in [4.69, 9.17) is 10.5 Å². The number of benzene rings is 1. The highest BCUT2D eigenvalue weighted by Gasteiger charge is 2.13. The fourth-order valence-corrected chi connectivity index (χ4v) is 1.60. The molecule has 0 spiro atoms. The molecule has 3 N–H and O–H groups in total. The molecule has 1 rings (SSSR count). The van der Waals surface area contributed by atoms with Gasteiger partial charge < -0.3 is 20.7 Å². The fourth-order valence-electron chi connectivity index (χ4n) is 1.60. The zero-order valence-corrected chi connectivity index (χ0v) is 11.4. The number of hydrogen-bond donors (Lipinski definition) is 2. The second-order valence-electron chi connectivity index (χ2n) is 4.02. The van der Waals surface area contributed by atoms with Crippen molar-refractivity contribution in [2.24, 2.45) is 0 Å². The minimum Gasteiger partial charge on any atom is -0.462 e. The van der Waals surface area contributed by atoms with Crippen LogP contribution < -0.4 is 16.0 Å². The number of ether oxygens (including phenoxy) is 1. The molecule has 19 heavy (non-hydrogen) atoms. The molecule has 0 unspecified atom stereocenters. The van der Waals surface area contributed by atoms with E-state index in [0.29, 0.717) is 23.5 Å². The molecule has 6 heteroatoms. The van der Waals surface area contributed by atoms with Crippen molar-refractivity contribution in [3.63, 3.8) is 0 Å². The van der Waals surface area contributed by atoms with Crippen LogP contribution in [0.3, 0.4) is 0 Å². The fraction of sp³-hybridized carbons (Fsp3) is 0.385. The van der Waals surface area contributed by atoms with Crippen molar-refractivity contribution in [1.29, 1.82) is 0 Å². The van der Waals surface area contributed by atoms with Crippen molar-refractivity contribution < 1.29 is 14.3 Å². The second kappa shape index (κ2) is 6.63. The Labute approximate surface area is 112 Å². The Morgan fingerprint density at radius 1 is 1.42 bits per heavy atom. The number of nitrogens with two attached hydrogens (primary N) is 1. The summed E-state index contributed by atoms with van der Waals surface area (Å²) in [5.74, 6) is -0.541. The first kappa shape index (κ1) is 14.8. The lowest BCUT2D eigenvalue weighted by Gasteiger charge is -2.20. The quantitative estimate of drug-likeness (QED) is 0.602. The Morgan fingerprint density at radius 2 is 2.11 bits per heavy atom. The van der Waals surface area contributed by atoms with Crippen LogP contribution in [-0.2, 0) is 9.53 Å². The number of rotatable bonds is 5. The maximum absolute atomic E-state index is 11.6. The van der Waals surface area contributed by atoms with Gasteiger partial charge in [0.25, 0.3) is 0 Å². The Morgan fingerprint density at radius 3 is 2.68 bits per heavy atom. The van der Waals surface area contributed by atoms with Gasteiger partial charge in [0.2, 0.25) is 5.91 Å². The lowest BCUT2D eigenvalue weighted by Crippen LogP contribution is -2.33. The van der Waals surface area contributed by atoms with E-state index >= 15 is 0 Å². The first-order chi connectivity index (χ1) is 8.99. The third-order valence-corrected chi connectivity index (χ3v) is 2.61. The van der Waals surface area contributed by atoms with Gasteiger partial charge in [-0.15, -0.1) is 0 Å². The van der Waals surface area contributed by atoms with Gasteiger partial charge in [-0.05, 0) is 25.1 Å². The monoisotopic (exact) mass is 265 g/mol. The number of anilines is 2. The average Bonchev–Trinajstić information content (AvgIpc) is 2.39. The summed E-state index contributed by atoms with van der Waals surface area (Å²) < 4.78 is 4.93. The normalized spacial score (nSPS) is 9.84. The molecule has 0 aliphatic rings. The SMILES string of the molecule is CCOC(=O)c1ccc(N)c(N(C)CC(=O)NC)c1. The standard InChI is InChI=1S/C13H19N3O3/c1-4-19-13(18)9-5-6-10(14)11(7-9)16(3)8-12(17)15-2/h5-7H,4,8,14H2,1-3H3,(H,15,17). The van der Waals surface area contributed by atoms with Crippen molar-refractivity contribution in [3.8, 4) is 0 Å². The van der Waals surface area contributed by atoms with Crippen LogP contribution in [0.1, 0.15) is 17.3 Å². The molecule has 0 fully saturated rings. The van der Waals surface area contributed by atoms with Crippen LogP contribution >= 0.6 is 0 Å². The summed E-state index contributed by atoms with van der Waals surface area (Å²) in [7, 11) is 3.30. The van der Waals surface area contributed by atoms with Crippen molar-refractivity contribution in [3.05, 3.63) is 23.8 Å². The number of hydrogen-bond acceptors (Lipinski definition) is 5. The highest BCUT2D eigenvalue weighted by atomic mass is 16.5. The van der Waals surface area contributed by atoms with Gasteiger partial charge in [-0.3, -0.25) is 4.79 Å². The van der Waals surface area contributed by atoms with Crippen molar-refractivity contribution in [1.82, 2.24) is 5.32 Å². The van der Waals surface area contributed by atoms with Crippen LogP contribution in [-0.4, -0.2) is 39.1 Å². The number of likely N-dealkylation sites (N-methyl/N-ethyl adjacent to an activating group) is 2. The highest BCUT2D eigenvalue weighted by molar-refractivity contribution is 5.92. The van der Waals surface area contributed by atoms with Crippen LogP contribution in [0.4, 0.5) is 11.4 Å². The lowest BCUT2D eigenvalue weighted by atomic mass is 10.1. The molecule has 0 atom stereocenters. The number of esters is 1. The first-order valence-corrected chi connectivity index (χ1v) is 5.98. The Hall–Kier alpha value is -2.24. The summed E-state index contributed by atoms with van der Waals surface area (Å²) in [4.78, 5) is 24.7. The van der Waals surface area contributed by atoms with Crippen LogP contribution in [0.5, 0.6) is 0 Å². The summed E-state index contributed by atoms with van der Waals surface area (Å²) in [6.07, 6.45) is 0. The molecule has 0 radical (unpaired) electrons. The van der Waals surface area contributed by atoms with E-state index in [2.05, 4.69) is 5.32 Å². The molecule has 1 aromatic rings. The third kappa shape index (κ3) is 3.87. The number of nitrogens with zero attached hydrogens (tertiary/aromatic N) is 1. The van der Waals surface area contributed by atoms with E-state index in [1.165, 1.54) is 0 Å². The average molecular weight is 265 g/mol. The van der Waals surface area contributed by atoms with Gasteiger partial charge in [-0.25, -0.2) is 4.79 Å². The molecule has 0 aliphatic carbocycles. The van der Waals surface area contributed by atoms with Gasteiger partial charge in [0.05, 0.1) is 30.1 Å². The van der Waals surface area contributed by atoms with Crippen molar-refractivity contribution >= 4 is 23.3 Å². The molecule has 0 aliphatic heterocycles. The first-order valence-electron chi connectivity index (χ1n) is 5.98. The summed E-state index contributed by atoms with van der Waals surface area (Å²) >= 11 is 0. The van der Waals surface area contributed by atoms with Gasteiger partial charge in [-0.1, -0.05) is 0 Å². The molecular formula is C13H19N3O3. The van der Waals surface area contributed by atoms with Gasteiger partial charge >= 0.3 is 5.97 Å². The Balaban J connectivity index is 2.96. The van der Waals surface area contributed by atoms with E-state index in [9.17, 15) is 9.59 Å². The Bertz CT molecular complexity index is 474. The summed E-state index contributed by atoms with van der Waals surface area (Å²) in [6.45, 7) is 2.22. The highest BCUT2D eigenvalue weighted by Crippen LogP contribution is 2.23. The molecular weight excluding hydrogens is 246 g/mol. The summed E-state index contributed by atoms with van der Waals surface area (Å²) in [6, 6.07) is 4.85. The molecule has 0 aromatic heterocycles. The third-order valence-electron chi connectivity index (χ3n) is 2.61. The maximum Gasteiger partial charge on any atom is 0.338 e. The largest absolute Gasteiger partial charge is 0.462 e. The topological polar surface area (TPSA) is 84.7 Å². The predicted molar refractivity (Wildman–Crippen MR) is 74.1 cm³/mol. The van der Waals surface area contributed by atoms with Gasteiger partial charge in [-0.2, -0.15) is 0 Å². The smallest absolute Gasteiger partial charge is 0.338 e. The molecule has 1 amide bonds. The van der Waals surface area contributed by atoms with E-state index in [1.54, 1.807) is 44.1 Å². The molecule has 0 saturated carbocycles. The number of amides is 1. The second-order valence-corrected chi connectivity index (χ2v) is 4.02. The molecule has 6 nitrogen and oxygen atoms in total. The van der Waals surface area contributed by atoms with Crippen LogP contribution in [0, 0.1) is 0 Å². The Kier molecular flexibility index (Phi) is 5.17. The zero-order chi connectivity index (χ0) is 14.4. The minimum absolute atomic E-state index is 0.136. The predicted octanol–water partition coefficient (Wildman–Crippen LogP) is 0.628. The van der Waals surface area contributed by atoms with E-state index in [-0.39, 0.29) is 12.5 Å². The van der Waals surface area contributed by atoms with E-state index in [0.717, 1.165) is 0 Å². The molecule has 0 saturated heterocycles. The molecule has 104 valence electrons. The minimum atomic E-state index is -0.405. The van der Waals surface area contributed by atoms with E-state index in [1.807, 2.05) is 0 Å². The van der Waals surface area contributed by atoms with Crippen LogP contribution in [0.2, 0.25) is 0 Å². The maximum atomic E-state index is 11.6. The summed E-state index contributed by atoms with van der Waals surface area (Å²) in [5, 5.41) is 2.53. The lowest BCUT2D eigenvalue weighted by molar-refractivity contribution is -0.119. The number of carbonyl (C=O) groups is 2. The zero-order valence-electron chi connectivity index (χ0n) is 11.4. The van der Waals surface area contributed by atoms with Crippen molar-refractivity contribution in [2.75, 3.05) is 37.9 Å².